The molecule has 0 aromatic rings. The molecule has 2 atom stereocenters. The van der Waals surface area contributed by atoms with Crippen molar-refractivity contribution in [2.75, 3.05) is 32.8 Å². The van der Waals surface area contributed by atoms with E-state index < -0.39 is 0 Å². The summed E-state index contributed by atoms with van der Waals surface area (Å²) in [5.41, 5.74) is 0.442. The van der Waals surface area contributed by atoms with Gasteiger partial charge in [0.05, 0.1) is 6.10 Å². The van der Waals surface area contributed by atoms with Crippen molar-refractivity contribution < 1.29 is 4.74 Å². The van der Waals surface area contributed by atoms with Gasteiger partial charge in [0.25, 0.3) is 0 Å². The van der Waals surface area contributed by atoms with Gasteiger partial charge in [-0.25, -0.2) is 0 Å². The SMILES string of the molecule is CC1OCCC1CN1CCCNC2(CCCCC2)C1. The zero-order chi connectivity index (χ0) is 13.1. The molecule has 3 fully saturated rings. The minimum atomic E-state index is 0.442. The van der Waals surface area contributed by atoms with Crippen LogP contribution < -0.4 is 5.32 Å². The molecule has 2 aliphatic heterocycles. The number of hydrogen-bond donors (Lipinski definition) is 1. The van der Waals surface area contributed by atoms with Gasteiger partial charge >= 0.3 is 0 Å². The van der Waals surface area contributed by atoms with Crippen LogP contribution in [0.5, 0.6) is 0 Å². The topological polar surface area (TPSA) is 24.5 Å². The van der Waals surface area contributed by atoms with Crippen LogP contribution in [0.1, 0.15) is 51.9 Å². The van der Waals surface area contributed by atoms with E-state index in [1.165, 1.54) is 71.1 Å². The van der Waals surface area contributed by atoms with E-state index in [1.807, 2.05) is 0 Å². The van der Waals surface area contributed by atoms with Gasteiger partial charge in [-0.1, -0.05) is 19.3 Å². The summed E-state index contributed by atoms with van der Waals surface area (Å²) in [4.78, 5) is 2.74. The molecule has 1 spiro atoms. The molecule has 1 aliphatic carbocycles. The molecule has 3 nitrogen and oxygen atoms in total. The maximum atomic E-state index is 5.73. The van der Waals surface area contributed by atoms with Gasteiger partial charge in [0, 0.05) is 25.2 Å². The first-order valence-corrected chi connectivity index (χ1v) is 8.36. The predicted octanol–water partition coefficient (Wildman–Crippen LogP) is 2.41. The second-order valence-electron chi connectivity index (χ2n) is 6.98. The Morgan fingerprint density at radius 3 is 2.79 bits per heavy atom. The van der Waals surface area contributed by atoms with Gasteiger partial charge < -0.3 is 15.0 Å². The highest BCUT2D eigenvalue weighted by atomic mass is 16.5. The third kappa shape index (κ3) is 3.32. The van der Waals surface area contributed by atoms with Gasteiger partial charge in [-0.2, -0.15) is 0 Å². The largest absolute Gasteiger partial charge is 0.378 e. The Morgan fingerprint density at radius 1 is 1.21 bits per heavy atom. The molecule has 0 aromatic heterocycles. The first-order chi connectivity index (χ1) is 9.27. The summed E-state index contributed by atoms with van der Waals surface area (Å²) in [7, 11) is 0. The van der Waals surface area contributed by atoms with Crippen LogP contribution in [0.2, 0.25) is 0 Å². The summed E-state index contributed by atoms with van der Waals surface area (Å²) in [6, 6.07) is 0. The van der Waals surface area contributed by atoms with Crippen molar-refractivity contribution in [3.63, 3.8) is 0 Å². The van der Waals surface area contributed by atoms with Crippen LogP contribution in [0.15, 0.2) is 0 Å². The summed E-state index contributed by atoms with van der Waals surface area (Å²) in [5.74, 6) is 0.763. The van der Waals surface area contributed by atoms with Crippen LogP contribution in [0.3, 0.4) is 0 Å². The van der Waals surface area contributed by atoms with Gasteiger partial charge in [0.15, 0.2) is 0 Å². The highest BCUT2D eigenvalue weighted by Crippen LogP contribution is 2.31. The molecular weight excluding hydrogens is 236 g/mol. The molecule has 1 saturated carbocycles. The molecule has 2 heterocycles. The molecule has 3 aliphatic rings. The predicted molar refractivity (Wildman–Crippen MR) is 78.4 cm³/mol. The molecule has 1 N–H and O–H groups in total. The van der Waals surface area contributed by atoms with E-state index in [9.17, 15) is 0 Å². The Hall–Kier alpha value is -0.120. The fourth-order valence-electron chi connectivity index (χ4n) is 4.29. The normalized spacial score (nSPS) is 36.5. The van der Waals surface area contributed by atoms with Crippen molar-refractivity contribution in [3.8, 4) is 0 Å². The summed E-state index contributed by atoms with van der Waals surface area (Å²) in [6.45, 7) is 8.25. The molecule has 3 rings (SSSR count). The lowest BCUT2D eigenvalue weighted by atomic mass is 9.81. The summed E-state index contributed by atoms with van der Waals surface area (Å²) < 4.78 is 5.73. The standard InChI is InChI=1S/C16H30N2O/c1-14-15(6-11-19-14)12-18-10-5-9-17-16(13-18)7-3-2-4-8-16/h14-15,17H,2-13H2,1H3. The third-order valence-corrected chi connectivity index (χ3v) is 5.51. The fraction of sp³-hybridized carbons (Fsp3) is 1.00. The smallest absolute Gasteiger partial charge is 0.0588 e. The Bertz CT molecular complexity index is 288. The maximum Gasteiger partial charge on any atom is 0.0588 e. The lowest BCUT2D eigenvalue weighted by molar-refractivity contribution is 0.0849. The van der Waals surface area contributed by atoms with E-state index in [0.29, 0.717) is 11.6 Å². The van der Waals surface area contributed by atoms with Gasteiger partial charge in [0.1, 0.15) is 0 Å². The highest BCUT2D eigenvalue weighted by Gasteiger charge is 2.36. The van der Waals surface area contributed by atoms with Crippen molar-refractivity contribution in [2.45, 2.75) is 63.5 Å². The third-order valence-electron chi connectivity index (χ3n) is 5.51. The molecule has 0 aromatic carbocycles. The van der Waals surface area contributed by atoms with Crippen LogP contribution in [0.4, 0.5) is 0 Å². The quantitative estimate of drug-likeness (QED) is 0.830. The number of nitrogens with zero attached hydrogens (tertiary/aromatic N) is 1. The Morgan fingerprint density at radius 2 is 2.05 bits per heavy atom. The molecule has 2 unspecified atom stereocenters. The van der Waals surface area contributed by atoms with Crippen LogP contribution in [-0.4, -0.2) is 49.3 Å². The lowest BCUT2D eigenvalue weighted by Gasteiger charge is -2.40. The van der Waals surface area contributed by atoms with Crippen molar-refractivity contribution in [1.82, 2.24) is 10.2 Å². The maximum absolute atomic E-state index is 5.73. The monoisotopic (exact) mass is 266 g/mol. The summed E-state index contributed by atoms with van der Waals surface area (Å²) in [6.07, 6.45) is 10.1. The first-order valence-electron chi connectivity index (χ1n) is 8.36. The van der Waals surface area contributed by atoms with E-state index in [-0.39, 0.29) is 0 Å². The van der Waals surface area contributed by atoms with Crippen molar-refractivity contribution in [1.29, 1.82) is 0 Å². The Balaban J connectivity index is 1.60. The zero-order valence-corrected chi connectivity index (χ0v) is 12.5. The molecule has 0 amide bonds. The molecule has 19 heavy (non-hydrogen) atoms. The van der Waals surface area contributed by atoms with E-state index >= 15 is 0 Å². The van der Waals surface area contributed by atoms with Gasteiger partial charge in [-0.3, -0.25) is 0 Å². The van der Waals surface area contributed by atoms with Gasteiger partial charge in [-0.15, -0.1) is 0 Å². The van der Waals surface area contributed by atoms with E-state index in [4.69, 9.17) is 4.74 Å². The Labute approximate surface area is 118 Å². The van der Waals surface area contributed by atoms with Crippen molar-refractivity contribution in [3.05, 3.63) is 0 Å². The minimum absolute atomic E-state index is 0.442. The lowest BCUT2D eigenvalue weighted by Crippen LogP contribution is -2.53. The fourth-order valence-corrected chi connectivity index (χ4v) is 4.29. The van der Waals surface area contributed by atoms with Crippen LogP contribution in [0, 0.1) is 5.92 Å². The van der Waals surface area contributed by atoms with E-state index in [0.717, 1.165) is 12.5 Å². The number of ether oxygens (including phenoxy) is 1. The van der Waals surface area contributed by atoms with Crippen LogP contribution >= 0.6 is 0 Å². The first kappa shape index (κ1) is 13.8. The van der Waals surface area contributed by atoms with E-state index in [2.05, 4.69) is 17.1 Å². The zero-order valence-electron chi connectivity index (χ0n) is 12.5. The molecule has 0 bridgehead atoms. The molecular formula is C16H30N2O. The molecule has 2 saturated heterocycles. The molecule has 110 valence electrons. The van der Waals surface area contributed by atoms with Crippen LogP contribution in [0.25, 0.3) is 0 Å². The summed E-state index contributed by atoms with van der Waals surface area (Å²) in [5, 5.41) is 3.89. The van der Waals surface area contributed by atoms with Gasteiger partial charge in [0.2, 0.25) is 0 Å². The van der Waals surface area contributed by atoms with Gasteiger partial charge in [-0.05, 0) is 51.6 Å². The second kappa shape index (κ2) is 6.11. The van der Waals surface area contributed by atoms with Crippen LogP contribution in [-0.2, 0) is 4.74 Å². The average molecular weight is 266 g/mol. The number of rotatable bonds is 2. The minimum Gasteiger partial charge on any atom is -0.378 e. The summed E-state index contributed by atoms with van der Waals surface area (Å²) >= 11 is 0. The highest BCUT2D eigenvalue weighted by molar-refractivity contribution is 4.95. The Kier molecular flexibility index (Phi) is 4.45. The van der Waals surface area contributed by atoms with Crippen molar-refractivity contribution in [2.24, 2.45) is 5.92 Å². The average Bonchev–Trinajstić information content (AvgIpc) is 2.71. The molecule has 3 heteroatoms. The van der Waals surface area contributed by atoms with E-state index in [1.54, 1.807) is 0 Å². The van der Waals surface area contributed by atoms with Crippen molar-refractivity contribution >= 4 is 0 Å². The second-order valence-corrected chi connectivity index (χ2v) is 6.98. The number of hydrogen-bond acceptors (Lipinski definition) is 3. The number of nitrogens with one attached hydrogen (secondary N) is 1. The molecule has 0 radical (unpaired) electrons.